The molecule has 1 fully saturated rings. The van der Waals surface area contributed by atoms with Gasteiger partial charge in [0.25, 0.3) is 0 Å². The van der Waals surface area contributed by atoms with Gasteiger partial charge in [-0.05, 0) is 35.3 Å². The van der Waals surface area contributed by atoms with E-state index in [9.17, 15) is 0 Å². The van der Waals surface area contributed by atoms with Crippen LogP contribution in [0, 0.1) is 11.3 Å². The van der Waals surface area contributed by atoms with Gasteiger partial charge in [0.05, 0.1) is 13.4 Å². The molecule has 0 radical (unpaired) electrons. The summed E-state index contributed by atoms with van der Waals surface area (Å²) in [5, 5.41) is 0. The summed E-state index contributed by atoms with van der Waals surface area (Å²) >= 11 is 0. The standard InChI is InChI=1S/C15H20O/c1-12(13-7-5-4-6-8-13)14-11-15(14,2)9-10-16-3/h4-10,12,14H,11H2,1-3H3/b10-9+/t12-,14?,15?/m0/s1. The van der Waals surface area contributed by atoms with Gasteiger partial charge in [-0.25, -0.2) is 0 Å². The fraction of sp³-hybridized carbons (Fsp3) is 0.467. The molecular formula is C15H20O. The van der Waals surface area contributed by atoms with Crippen LogP contribution in [0.5, 0.6) is 0 Å². The first-order valence-electron chi connectivity index (χ1n) is 5.93. The number of rotatable bonds is 4. The Morgan fingerprint density at radius 2 is 2.06 bits per heavy atom. The van der Waals surface area contributed by atoms with Gasteiger partial charge < -0.3 is 4.74 Å². The second-order valence-corrected chi connectivity index (χ2v) is 5.05. The maximum atomic E-state index is 5.01. The Kier molecular flexibility index (Phi) is 3.04. The molecule has 1 nitrogen and oxygen atoms in total. The van der Waals surface area contributed by atoms with Crippen molar-refractivity contribution in [3.05, 3.63) is 48.2 Å². The molecule has 0 aromatic heterocycles. The molecule has 0 heterocycles. The molecule has 2 rings (SSSR count). The van der Waals surface area contributed by atoms with Crippen molar-refractivity contribution in [1.82, 2.24) is 0 Å². The third kappa shape index (κ3) is 2.13. The number of benzene rings is 1. The lowest BCUT2D eigenvalue weighted by atomic mass is 9.91. The largest absolute Gasteiger partial charge is 0.505 e. The van der Waals surface area contributed by atoms with Gasteiger partial charge in [-0.3, -0.25) is 0 Å². The number of ether oxygens (including phenoxy) is 1. The quantitative estimate of drug-likeness (QED) is 0.692. The zero-order chi connectivity index (χ0) is 11.6. The minimum atomic E-state index is 0.339. The Bertz CT molecular complexity index is 368. The Morgan fingerprint density at radius 3 is 2.69 bits per heavy atom. The number of hydrogen-bond acceptors (Lipinski definition) is 1. The Morgan fingerprint density at radius 1 is 1.38 bits per heavy atom. The molecule has 1 aliphatic rings. The third-order valence-corrected chi connectivity index (χ3v) is 3.86. The van der Waals surface area contributed by atoms with Gasteiger partial charge in [-0.1, -0.05) is 44.2 Å². The fourth-order valence-electron chi connectivity index (χ4n) is 2.57. The molecule has 1 heteroatoms. The van der Waals surface area contributed by atoms with Crippen LogP contribution < -0.4 is 0 Å². The molecular weight excluding hydrogens is 196 g/mol. The maximum absolute atomic E-state index is 5.01. The first kappa shape index (κ1) is 11.3. The Balaban J connectivity index is 2.04. The van der Waals surface area contributed by atoms with Gasteiger partial charge in [-0.15, -0.1) is 0 Å². The molecule has 1 aliphatic carbocycles. The van der Waals surface area contributed by atoms with Crippen LogP contribution in [0.1, 0.15) is 31.7 Å². The summed E-state index contributed by atoms with van der Waals surface area (Å²) in [5.74, 6) is 1.38. The molecule has 1 aromatic carbocycles. The molecule has 0 amide bonds. The topological polar surface area (TPSA) is 9.23 Å². The molecule has 0 bridgehead atoms. The molecule has 0 saturated heterocycles. The summed E-state index contributed by atoms with van der Waals surface area (Å²) in [6.45, 7) is 4.64. The van der Waals surface area contributed by atoms with Crippen LogP contribution in [0.4, 0.5) is 0 Å². The molecule has 3 atom stereocenters. The van der Waals surface area contributed by atoms with Gasteiger partial charge in [0.1, 0.15) is 0 Å². The SMILES string of the molecule is CO/C=C/C1(C)CC1[C@@H](C)c1ccccc1. The molecule has 2 unspecified atom stereocenters. The van der Waals surface area contributed by atoms with Gasteiger partial charge in [0, 0.05) is 0 Å². The van der Waals surface area contributed by atoms with Gasteiger partial charge in [0.2, 0.25) is 0 Å². The highest BCUT2D eigenvalue weighted by Gasteiger charge is 2.50. The third-order valence-electron chi connectivity index (χ3n) is 3.86. The van der Waals surface area contributed by atoms with E-state index in [0.717, 1.165) is 5.92 Å². The summed E-state index contributed by atoms with van der Waals surface area (Å²) in [4.78, 5) is 0. The molecule has 1 aromatic rings. The lowest BCUT2D eigenvalue weighted by Crippen LogP contribution is -2.02. The Hall–Kier alpha value is -1.24. The smallest absolute Gasteiger partial charge is 0.0790 e. The van der Waals surface area contributed by atoms with Crippen LogP contribution >= 0.6 is 0 Å². The van der Waals surface area contributed by atoms with Gasteiger partial charge in [0.15, 0.2) is 0 Å². The summed E-state index contributed by atoms with van der Waals surface area (Å²) < 4.78 is 5.01. The van der Waals surface area contributed by atoms with Crippen molar-refractivity contribution in [3.8, 4) is 0 Å². The predicted molar refractivity (Wildman–Crippen MR) is 67.2 cm³/mol. The van der Waals surface area contributed by atoms with Crippen molar-refractivity contribution in [2.75, 3.05) is 7.11 Å². The molecule has 0 aliphatic heterocycles. The van der Waals surface area contributed by atoms with Crippen LogP contribution in [-0.4, -0.2) is 7.11 Å². The summed E-state index contributed by atoms with van der Waals surface area (Å²) in [7, 11) is 1.71. The van der Waals surface area contributed by atoms with E-state index in [1.807, 2.05) is 6.26 Å². The average Bonchev–Trinajstić information content (AvgIpc) is 3.00. The van der Waals surface area contributed by atoms with E-state index < -0.39 is 0 Å². The summed E-state index contributed by atoms with van der Waals surface area (Å²) in [6.07, 6.45) is 5.29. The lowest BCUT2D eigenvalue weighted by molar-refractivity contribution is 0.332. The highest BCUT2D eigenvalue weighted by Crippen LogP contribution is 2.59. The van der Waals surface area contributed by atoms with Crippen LogP contribution in [-0.2, 0) is 4.74 Å². The van der Waals surface area contributed by atoms with Crippen molar-refractivity contribution in [2.45, 2.75) is 26.2 Å². The molecule has 16 heavy (non-hydrogen) atoms. The monoisotopic (exact) mass is 216 g/mol. The molecule has 1 saturated carbocycles. The van der Waals surface area contributed by atoms with E-state index in [-0.39, 0.29) is 0 Å². The normalized spacial score (nSPS) is 30.3. The maximum Gasteiger partial charge on any atom is 0.0790 e. The first-order valence-corrected chi connectivity index (χ1v) is 5.93. The van der Waals surface area contributed by atoms with Crippen LogP contribution in [0.15, 0.2) is 42.7 Å². The lowest BCUT2D eigenvalue weighted by Gasteiger charge is -2.14. The minimum absolute atomic E-state index is 0.339. The predicted octanol–water partition coefficient (Wildman–Crippen LogP) is 3.98. The van der Waals surface area contributed by atoms with Crippen LogP contribution in [0.2, 0.25) is 0 Å². The molecule has 86 valence electrons. The Labute approximate surface area is 98.1 Å². The van der Waals surface area contributed by atoms with E-state index in [2.05, 4.69) is 50.3 Å². The number of methoxy groups -OCH3 is 1. The molecule has 0 spiro atoms. The van der Waals surface area contributed by atoms with E-state index in [0.29, 0.717) is 11.3 Å². The van der Waals surface area contributed by atoms with E-state index >= 15 is 0 Å². The minimum Gasteiger partial charge on any atom is -0.505 e. The second kappa shape index (κ2) is 4.32. The highest BCUT2D eigenvalue weighted by molar-refractivity contribution is 5.25. The zero-order valence-electron chi connectivity index (χ0n) is 10.3. The number of hydrogen-bond donors (Lipinski definition) is 0. The second-order valence-electron chi connectivity index (χ2n) is 5.05. The van der Waals surface area contributed by atoms with Crippen molar-refractivity contribution >= 4 is 0 Å². The van der Waals surface area contributed by atoms with E-state index in [1.165, 1.54) is 12.0 Å². The van der Waals surface area contributed by atoms with Crippen molar-refractivity contribution in [2.24, 2.45) is 11.3 Å². The fourth-order valence-corrected chi connectivity index (χ4v) is 2.57. The van der Waals surface area contributed by atoms with E-state index in [1.54, 1.807) is 7.11 Å². The average molecular weight is 216 g/mol. The molecule has 0 N–H and O–H groups in total. The number of allylic oxidation sites excluding steroid dienone is 1. The first-order chi connectivity index (χ1) is 7.67. The van der Waals surface area contributed by atoms with Crippen molar-refractivity contribution in [3.63, 3.8) is 0 Å². The van der Waals surface area contributed by atoms with Crippen LogP contribution in [0.25, 0.3) is 0 Å². The van der Waals surface area contributed by atoms with Crippen molar-refractivity contribution < 1.29 is 4.74 Å². The zero-order valence-corrected chi connectivity index (χ0v) is 10.3. The van der Waals surface area contributed by atoms with E-state index in [4.69, 9.17) is 4.74 Å². The van der Waals surface area contributed by atoms with Crippen LogP contribution in [0.3, 0.4) is 0 Å². The van der Waals surface area contributed by atoms with Crippen molar-refractivity contribution in [1.29, 1.82) is 0 Å². The highest BCUT2D eigenvalue weighted by atomic mass is 16.5. The van der Waals surface area contributed by atoms with Gasteiger partial charge >= 0.3 is 0 Å². The summed E-state index contributed by atoms with van der Waals surface area (Å²) in [5.41, 5.74) is 1.78. The summed E-state index contributed by atoms with van der Waals surface area (Å²) in [6, 6.07) is 10.8. The van der Waals surface area contributed by atoms with Gasteiger partial charge in [-0.2, -0.15) is 0 Å².